The number of nitrogens with zero attached hydrogens (tertiary/aromatic N) is 5. The van der Waals surface area contributed by atoms with E-state index in [0.717, 1.165) is 36.3 Å². The Labute approximate surface area is 305 Å². The second-order valence-electron chi connectivity index (χ2n) is 13.1. The number of nitrogens with one attached hydrogen (secondary N) is 2. The Morgan fingerprint density at radius 1 is 0.962 bits per heavy atom. The number of likely N-dealkylation sites (N-methyl/N-ethyl adjacent to an activating group) is 1. The van der Waals surface area contributed by atoms with Gasteiger partial charge in [0.25, 0.3) is 5.91 Å². The number of imide groups is 1. The second kappa shape index (κ2) is 15.5. The molecule has 2 aliphatic heterocycles. The molecule has 14 heteroatoms. The number of amides is 3. The lowest BCUT2D eigenvalue weighted by atomic mass is 10.0. The number of aromatic nitrogens is 2. The van der Waals surface area contributed by atoms with E-state index in [4.69, 9.17) is 0 Å². The molecule has 53 heavy (non-hydrogen) atoms. The van der Waals surface area contributed by atoms with E-state index in [1.807, 2.05) is 16.5 Å². The van der Waals surface area contributed by atoms with Gasteiger partial charge >= 0.3 is 12.3 Å². The summed E-state index contributed by atoms with van der Waals surface area (Å²) in [6, 6.07) is 14.4. The van der Waals surface area contributed by atoms with E-state index in [-0.39, 0.29) is 30.8 Å². The van der Waals surface area contributed by atoms with Crippen LogP contribution in [0.3, 0.4) is 0 Å². The quantitative estimate of drug-likeness (QED) is 0.202. The smallest absolute Gasteiger partial charge is 0.416 e. The van der Waals surface area contributed by atoms with Gasteiger partial charge in [-0.15, -0.1) is 0 Å². The van der Waals surface area contributed by atoms with Crippen LogP contribution in [0.25, 0.3) is 11.3 Å². The Kier molecular flexibility index (Phi) is 10.9. The number of alkyl halides is 3. The molecule has 0 bridgehead atoms. The summed E-state index contributed by atoms with van der Waals surface area (Å²) >= 11 is 0. The molecule has 2 aromatic heterocycles. The van der Waals surface area contributed by atoms with E-state index in [1.54, 1.807) is 49.6 Å². The number of pyridine rings is 1. The number of carbonyl (C=O) groups is 3. The van der Waals surface area contributed by atoms with Crippen LogP contribution in [0.1, 0.15) is 50.8 Å². The highest BCUT2D eigenvalue weighted by Crippen LogP contribution is 2.35. The zero-order valence-corrected chi connectivity index (χ0v) is 29.7. The van der Waals surface area contributed by atoms with Gasteiger partial charge in [0.1, 0.15) is 5.82 Å². The topological polar surface area (TPSA) is 123 Å². The lowest BCUT2D eigenvalue weighted by Crippen LogP contribution is -2.45. The van der Waals surface area contributed by atoms with Gasteiger partial charge in [0, 0.05) is 88.5 Å². The maximum Gasteiger partial charge on any atom is 0.416 e. The average Bonchev–Trinajstić information content (AvgIpc) is 3.47. The maximum absolute atomic E-state index is 14.1. The third kappa shape index (κ3) is 8.37. The number of benzene rings is 2. The molecule has 0 saturated carbocycles. The number of halogens is 3. The number of carbonyl (C=O) groups excluding carboxylic acids is 2. The lowest BCUT2D eigenvalue weighted by Gasteiger charge is -2.34. The normalized spacial score (nSPS) is 15.1. The molecule has 11 nitrogen and oxygen atoms in total. The summed E-state index contributed by atoms with van der Waals surface area (Å²) < 4.78 is 44.2. The van der Waals surface area contributed by atoms with Crippen molar-refractivity contribution in [1.29, 1.82) is 0 Å². The number of fused-ring (bicyclic) bond motifs is 1. The fourth-order valence-corrected chi connectivity index (χ4v) is 6.79. The number of hydrogen-bond acceptors (Lipinski definition) is 7. The predicted molar refractivity (Wildman–Crippen MR) is 195 cm³/mol. The monoisotopic (exact) mass is 727 g/mol. The van der Waals surface area contributed by atoms with Crippen molar-refractivity contribution >= 4 is 29.4 Å². The zero-order valence-electron chi connectivity index (χ0n) is 29.7. The standard InChI is InChI=1S/C39H40F3N7O4/c1-4-47-14-16-48(17-15-47)24-28-10-11-29(20-32(28)39(40,41)42)45-36(50)19-26-7-5-6-25(18-26)8-9-27-23-44-35(43-2)22-30(27)34-21-31-33(46(34)3)12-13-49(37(31)51)38(52)53/h5-7,10-11,18,20-23H,4,12-17,19,24H2,1-3H3,(H,43,44)(H,45,50)(H,52,53). The van der Waals surface area contributed by atoms with Gasteiger partial charge in [0.05, 0.1) is 28.8 Å². The van der Waals surface area contributed by atoms with Crippen molar-refractivity contribution in [2.75, 3.05) is 56.9 Å². The fraction of sp³-hybridized carbons (Fsp3) is 0.333. The van der Waals surface area contributed by atoms with Gasteiger partial charge in [0.15, 0.2) is 0 Å². The summed E-state index contributed by atoms with van der Waals surface area (Å²) in [6.45, 7) is 6.25. The third-order valence-corrected chi connectivity index (χ3v) is 9.71. The third-order valence-electron chi connectivity index (χ3n) is 9.71. The van der Waals surface area contributed by atoms with Crippen molar-refractivity contribution in [3.8, 4) is 23.1 Å². The molecule has 4 heterocycles. The molecule has 0 radical (unpaired) electrons. The lowest BCUT2D eigenvalue weighted by molar-refractivity contribution is -0.138. The van der Waals surface area contributed by atoms with Gasteiger partial charge in [-0.05, 0) is 54.1 Å². The summed E-state index contributed by atoms with van der Waals surface area (Å²) in [4.78, 5) is 47.1. The van der Waals surface area contributed by atoms with Crippen molar-refractivity contribution in [2.24, 2.45) is 7.05 Å². The van der Waals surface area contributed by atoms with Crippen molar-refractivity contribution in [2.45, 2.75) is 32.5 Å². The van der Waals surface area contributed by atoms with E-state index in [2.05, 4.69) is 39.3 Å². The molecule has 3 amide bonds. The van der Waals surface area contributed by atoms with E-state index in [9.17, 15) is 32.7 Å². The molecule has 1 fully saturated rings. The molecule has 6 rings (SSSR count). The van der Waals surface area contributed by atoms with Gasteiger partial charge < -0.3 is 25.2 Å². The molecule has 0 aliphatic carbocycles. The minimum atomic E-state index is -4.57. The number of rotatable bonds is 8. The van der Waals surface area contributed by atoms with Gasteiger partial charge in [0.2, 0.25) is 5.91 Å². The molecule has 3 N–H and O–H groups in total. The first-order valence-corrected chi connectivity index (χ1v) is 17.3. The first-order valence-electron chi connectivity index (χ1n) is 17.3. The van der Waals surface area contributed by atoms with E-state index >= 15 is 0 Å². The van der Waals surface area contributed by atoms with Crippen molar-refractivity contribution in [3.05, 3.63) is 99.9 Å². The summed E-state index contributed by atoms with van der Waals surface area (Å²) in [6.07, 6.45) is -3.97. The van der Waals surface area contributed by atoms with E-state index < -0.39 is 29.6 Å². The maximum atomic E-state index is 14.1. The molecule has 2 aromatic carbocycles. The van der Waals surface area contributed by atoms with Crippen LogP contribution in [-0.4, -0.2) is 93.6 Å². The molecule has 4 aromatic rings. The Morgan fingerprint density at radius 2 is 1.72 bits per heavy atom. The molecular formula is C39H40F3N7O4. The molecule has 0 unspecified atom stereocenters. The molecule has 2 aliphatic rings. The summed E-state index contributed by atoms with van der Waals surface area (Å²) in [5.41, 5.74) is 3.65. The number of piperazine rings is 1. The largest absolute Gasteiger partial charge is 0.465 e. The van der Waals surface area contributed by atoms with Gasteiger partial charge in [-0.3, -0.25) is 14.5 Å². The van der Waals surface area contributed by atoms with Crippen molar-refractivity contribution < 1.29 is 32.7 Å². The minimum absolute atomic E-state index is 0.0652. The van der Waals surface area contributed by atoms with Crippen LogP contribution in [0.4, 0.5) is 29.5 Å². The summed E-state index contributed by atoms with van der Waals surface area (Å²) in [5.74, 6) is 5.79. The Balaban J connectivity index is 1.18. The highest BCUT2D eigenvalue weighted by Gasteiger charge is 2.35. The van der Waals surface area contributed by atoms with Crippen LogP contribution in [0.15, 0.2) is 60.8 Å². The number of anilines is 2. The van der Waals surface area contributed by atoms with Gasteiger partial charge in [-0.2, -0.15) is 13.2 Å². The number of hydrogen-bond donors (Lipinski definition) is 3. The summed E-state index contributed by atoms with van der Waals surface area (Å²) in [5, 5.41) is 15.1. The minimum Gasteiger partial charge on any atom is -0.465 e. The molecule has 1 saturated heterocycles. The van der Waals surface area contributed by atoms with Crippen LogP contribution in [0.5, 0.6) is 0 Å². The Morgan fingerprint density at radius 3 is 2.42 bits per heavy atom. The molecule has 0 atom stereocenters. The van der Waals surface area contributed by atoms with Gasteiger partial charge in [-0.1, -0.05) is 37.0 Å². The average molecular weight is 728 g/mol. The Bertz CT molecular complexity index is 2110. The second-order valence-corrected chi connectivity index (χ2v) is 13.1. The predicted octanol–water partition coefficient (Wildman–Crippen LogP) is 5.54. The zero-order chi connectivity index (χ0) is 37.9. The van der Waals surface area contributed by atoms with Gasteiger partial charge in [-0.25, -0.2) is 14.7 Å². The Hall–Kier alpha value is -5.65. The van der Waals surface area contributed by atoms with Crippen LogP contribution in [-0.2, 0) is 37.4 Å². The molecular weight excluding hydrogens is 687 g/mol. The van der Waals surface area contributed by atoms with Crippen LogP contribution < -0.4 is 10.6 Å². The van der Waals surface area contributed by atoms with Crippen LogP contribution >= 0.6 is 0 Å². The molecule has 0 spiro atoms. The SMILES string of the molecule is CCN1CCN(Cc2ccc(NC(=O)Cc3cccc(C#Cc4cnc(NC)cc4-c4cc5c(n4C)CCN(C(=O)O)C5=O)c3)cc2C(F)(F)F)CC1. The highest BCUT2D eigenvalue weighted by molar-refractivity contribution is 6.05. The van der Waals surface area contributed by atoms with Crippen molar-refractivity contribution in [1.82, 2.24) is 24.3 Å². The van der Waals surface area contributed by atoms with Crippen molar-refractivity contribution in [3.63, 3.8) is 0 Å². The van der Waals surface area contributed by atoms with Crippen LogP contribution in [0.2, 0.25) is 0 Å². The summed E-state index contributed by atoms with van der Waals surface area (Å²) in [7, 11) is 3.54. The van der Waals surface area contributed by atoms with E-state index in [0.29, 0.717) is 58.8 Å². The van der Waals surface area contributed by atoms with E-state index in [1.165, 1.54) is 12.1 Å². The number of carboxylic acid groups (broad SMARTS) is 1. The van der Waals surface area contributed by atoms with Crippen LogP contribution in [0, 0.1) is 11.8 Å². The first kappa shape index (κ1) is 37.1. The first-order chi connectivity index (χ1) is 25.3. The fourth-order valence-electron chi connectivity index (χ4n) is 6.79. The highest BCUT2D eigenvalue weighted by atomic mass is 19.4. The molecule has 276 valence electrons.